The predicted octanol–water partition coefficient (Wildman–Crippen LogP) is 1.55. The van der Waals surface area contributed by atoms with Crippen molar-refractivity contribution in [2.24, 2.45) is 4.99 Å². The van der Waals surface area contributed by atoms with Crippen LogP contribution in [0.2, 0.25) is 0 Å². The number of guanidine groups is 1. The Bertz CT molecular complexity index is 803. The van der Waals surface area contributed by atoms with Gasteiger partial charge in [0.25, 0.3) is 5.69 Å². The molecule has 0 aliphatic heterocycles. The van der Waals surface area contributed by atoms with E-state index in [0.29, 0.717) is 31.1 Å². The van der Waals surface area contributed by atoms with Crippen LogP contribution in [-0.2, 0) is 10.0 Å². The van der Waals surface area contributed by atoms with Crippen molar-refractivity contribution >= 4 is 21.7 Å². The number of non-ortho nitro benzene ring substituents is 1. The third-order valence-corrected chi connectivity index (χ3v) is 5.80. The zero-order chi connectivity index (χ0) is 22.7. The number of nitro benzene ring substituents is 1. The first-order valence-corrected chi connectivity index (χ1v) is 11.6. The summed E-state index contributed by atoms with van der Waals surface area (Å²) in [4.78, 5) is 16.8. The van der Waals surface area contributed by atoms with Gasteiger partial charge in [0.2, 0.25) is 10.0 Å². The van der Waals surface area contributed by atoms with Crippen LogP contribution < -0.4 is 15.4 Å². The highest BCUT2D eigenvalue weighted by Gasteiger charge is 2.17. The Hall–Kier alpha value is -2.24. The van der Waals surface area contributed by atoms with Crippen molar-refractivity contribution in [1.82, 2.24) is 20.3 Å². The zero-order valence-corrected chi connectivity index (χ0v) is 19.2. The molecule has 3 N–H and O–H groups in total. The number of hydrogen-bond donors (Lipinski definition) is 3. The van der Waals surface area contributed by atoms with Gasteiger partial charge in [-0.1, -0.05) is 6.07 Å². The average Bonchev–Trinajstić information content (AvgIpc) is 2.67. The van der Waals surface area contributed by atoms with E-state index in [0.717, 1.165) is 12.6 Å². The third-order valence-electron chi connectivity index (χ3n) is 4.35. The van der Waals surface area contributed by atoms with Gasteiger partial charge in [-0.15, -0.1) is 0 Å². The van der Waals surface area contributed by atoms with Gasteiger partial charge in [0.1, 0.15) is 0 Å². The van der Waals surface area contributed by atoms with Crippen LogP contribution in [0, 0.1) is 10.1 Å². The normalized spacial score (nSPS) is 12.6. The number of sulfonamides is 1. The molecule has 170 valence electrons. The molecule has 1 aromatic rings. The van der Waals surface area contributed by atoms with E-state index in [1.165, 1.54) is 18.2 Å². The van der Waals surface area contributed by atoms with Crippen molar-refractivity contribution in [2.75, 3.05) is 32.7 Å². The number of benzene rings is 1. The predicted molar refractivity (Wildman–Crippen MR) is 119 cm³/mol. The molecule has 0 aromatic heterocycles. The topological polar surface area (TPSA) is 129 Å². The molecule has 0 bridgehead atoms. The molecule has 0 saturated heterocycles. The van der Waals surface area contributed by atoms with Crippen molar-refractivity contribution in [3.8, 4) is 0 Å². The standard InChI is InChI=1S/C19H34N6O4S/c1-6-20-19(22-12-13-24(15(2)3)16(4)5)21-10-11-23-30(28,29)18-9-7-8-17(14-18)25(26)27/h7-9,14-16,23H,6,10-13H2,1-5H3,(H2,20,21,22). The summed E-state index contributed by atoms with van der Waals surface area (Å²) in [6, 6.07) is 5.82. The van der Waals surface area contributed by atoms with Crippen LogP contribution in [0.4, 0.5) is 5.69 Å². The van der Waals surface area contributed by atoms with Gasteiger partial charge in [-0.05, 0) is 40.7 Å². The van der Waals surface area contributed by atoms with E-state index in [9.17, 15) is 18.5 Å². The lowest BCUT2D eigenvalue weighted by molar-refractivity contribution is -0.385. The zero-order valence-electron chi connectivity index (χ0n) is 18.4. The summed E-state index contributed by atoms with van der Waals surface area (Å²) in [5.74, 6) is 0.611. The van der Waals surface area contributed by atoms with Crippen LogP contribution in [-0.4, -0.2) is 69.0 Å². The van der Waals surface area contributed by atoms with E-state index >= 15 is 0 Å². The Morgan fingerprint density at radius 2 is 1.83 bits per heavy atom. The number of rotatable bonds is 12. The summed E-state index contributed by atoms with van der Waals surface area (Å²) in [6.07, 6.45) is 0. The molecule has 1 aromatic carbocycles. The number of nitrogens with one attached hydrogen (secondary N) is 3. The highest BCUT2D eigenvalue weighted by atomic mass is 32.2. The fraction of sp³-hybridized carbons (Fsp3) is 0.632. The molecule has 1 rings (SSSR count). The summed E-state index contributed by atoms with van der Waals surface area (Å²) >= 11 is 0. The number of aliphatic imine (C=N–C) groups is 1. The highest BCUT2D eigenvalue weighted by molar-refractivity contribution is 7.89. The minimum atomic E-state index is -3.84. The molecule has 11 heteroatoms. The lowest BCUT2D eigenvalue weighted by Crippen LogP contribution is -2.45. The van der Waals surface area contributed by atoms with Crippen LogP contribution >= 0.6 is 0 Å². The van der Waals surface area contributed by atoms with Gasteiger partial charge in [0, 0.05) is 50.4 Å². The van der Waals surface area contributed by atoms with Gasteiger partial charge in [0.15, 0.2) is 5.96 Å². The van der Waals surface area contributed by atoms with E-state index in [-0.39, 0.29) is 23.7 Å². The van der Waals surface area contributed by atoms with Crippen LogP contribution in [0.5, 0.6) is 0 Å². The van der Waals surface area contributed by atoms with Gasteiger partial charge in [-0.25, -0.2) is 13.1 Å². The Morgan fingerprint density at radius 3 is 2.40 bits per heavy atom. The summed E-state index contributed by atoms with van der Waals surface area (Å²) in [7, 11) is -3.84. The summed E-state index contributed by atoms with van der Waals surface area (Å²) in [5.41, 5.74) is -0.272. The molecule has 0 unspecified atom stereocenters. The van der Waals surface area contributed by atoms with Crippen molar-refractivity contribution in [1.29, 1.82) is 0 Å². The lowest BCUT2D eigenvalue weighted by Gasteiger charge is -2.30. The monoisotopic (exact) mass is 442 g/mol. The second-order valence-electron chi connectivity index (χ2n) is 7.26. The van der Waals surface area contributed by atoms with Gasteiger partial charge in [-0.2, -0.15) is 0 Å². The van der Waals surface area contributed by atoms with Crippen LogP contribution in [0.1, 0.15) is 34.6 Å². The van der Waals surface area contributed by atoms with Crippen molar-refractivity contribution < 1.29 is 13.3 Å². The minimum Gasteiger partial charge on any atom is -0.357 e. The van der Waals surface area contributed by atoms with Crippen molar-refractivity contribution in [2.45, 2.75) is 51.6 Å². The van der Waals surface area contributed by atoms with E-state index in [1.807, 2.05) is 6.92 Å². The van der Waals surface area contributed by atoms with Gasteiger partial charge in [0.05, 0.1) is 16.4 Å². The Kier molecular flexibility index (Phi) is 10.7. The molecule has 0 radical (unpaired) electrons. The van der Waals surface area contributed by atoms with Gasteiger partial charge < -0.3 is 10.6 Å². The second kappa shape index (κ2) is 12.5. The molecule has 0 atom stereocenters. The SMILES string of the molecule is CCNC(=NCCNS(=O)(=O)c1cccc([N+](=O)[O-])c1)NCCN(C(C)C)C(C)C. The average molecular weight is 443 g/mol. The molecule has 30 heavy (non-hydrogen) atoms. The molecule has 0 fully saturated rings. The molecule has 0 aliphatic rings. The molecule has 0 aliphatic carbocycles. The molecule has 0 amide bonds. The maximum absolute atomic E-state index is 12.3. The van der Waals surface area contributed by atoms with Gasteiger partial charge >= 0.3 is 0 Å². The Morgan fingerprint density at radius 1 is 1.17 bits per heavy atom. The highest BCUT2D eigenvalue weighted by Crippen LogP contribution is 2.16. The van der Waals surface area contributed by atoms with E-state index in [2.05, 4.69) is 52.9 Å². The molecular formula is C19H34N6O4S. The smallest absolute Gasteiger partial charge is 0.270 e. The number of nitro groups is 1. The molecule has 0 spiro atoms. The maximum Gasteiger partial charge on any atom is 0.270 e. The van der Waals surface area contributed by atoms with Crippen molar-refractivity contribution in [3.63, 3.8) is 0 Å². The lowest BCUT2D eigenvalue weighted by atomic mass is 10.2. The Labute approximate surface area is 179 Å². The van der Waals surface area contributed by atoms with Crippen molar-refractivity contribution in [3.05, 3.63) is 34.4 Å². The first-order valence-electron chi connectivity index (χ1n) is 10.1. The van der Waals surface area contributed by atoms with Crippen LogP contribution in [0.15, 0.2) is 34.2 Å². The third kappa shape index (κ3) is 8.64. The van der Waals surface area contributed by atoms with E-state index < -0.39 is 14.9 Å². The fourth-order valence-electron chi connectivity index (χ4n) is 2.95. The van der Waals surface area contributed by atoms with Crippen LogP contribution in [0.3, 0.4) is 0 Å². The fourth-order valence-corrected chi connectivity index (χ4v) is 4.01. The molecule has 10 nitrogen and oxygen atoms in total. The Balaban J connectivity index is 2.61. The first kappa shape index (κ1) is 25.8. The summed E-state index contributed by atoms with van der Waals surface area (Å²) < 4.78 is 27.1. The van der Waals surface area contributed by atoms with E-state index in [4.69, 9.17) is 0 Å². The van der Waals surface area contributed by atoms with Gasteiger partial charge in [-0.3, -0.25) is 20.0 Å². The van der Waals surface area contributed by atoms with E-state index in [1.54, 1.807) is 0 Å². The van der Waals surface area contributed by atoms with Crippen LogP contribution in [0.25, 0.3) is 0 Å². The largest absolute Gasteiger partial charge is 0.357 e. The minimum absolute atomic E-state index is 0.0751. The molecule has 0 heterocycles. The number of hydrogen-bond acceptors (Lipinski definition) is 6. The first-order chi connectivity index (χ1) is 14.1. The summed E-state index contributed by atoms with van der Waals surface area (Å²) in [5, 5.41) is 17.2. The second-order valence-corrected chi connectivity index (χ2v) is 9.03. The summed E-state index contributed by atoms with van der Waals surface area (Å²) in [6.45, 7) is 13.1. The maximum atomic E-state index is 12.3. The molecular weight excluding hydrogens is 408 g/mol. The molecule has 0 saturated carbocycles. The quantitative estimate of drug-likeness (QED) is 0.147. The number of nitrogens with zero attached hydrogens (tertiary/aromatic N) is 3.